The molecule has 1 fully saturated rings. The second-order valence-corrected chi connectivity index (χ2v) is 5.62. The number of nitrogens with one attached hydrogen (secondary N) is 2. The molecule has 0 aliphatic carbocycles. The van der Waals surface area contributed by atoms with Crippen molar-refractivity contribution in [2.24, 2.45) is 5.92 Å². The molecule has 21 heavy (non-hydrogen) atoms. The average Bonchev–Trinajstić information content (AvgIpc) is 2.48. The van der Waals surface area contributed by atoms with E-state index in [2.05, 4.69) is 10.6 Å². The minimum atomic E-state index is -0.974. The van der Waals surface area contributed by atoms with Crippen LogP contribution in [0.3, 0.4) is 0 Å². The van der Waals surface area contributed by atoms with Crippen LogP contribution in [0.4, 0.5) is 5.69 Å². The summed E-state index contributed by atoms with van der Waals surface area (Å²) in [6.07, 6.45) is 3.63. The third-order valence-electron chi connectivity index (χ3n) is 3.99. The number of aryl methyl sites for hydroxylation is 1. The van der Waals surface area contributed by atoms with Crippen molar-refractivity contribution in [1.29, 1.82) is 0 Å². The summed E-state index contributed by atoms with van der Waals surface area (Å²) >= 11 is 0. The lowest BCUT2D eigenvalue weighted by atomic mass is 9.93. The fourth-order valence-corrected chi connectivity index (χ4v) is 2.66. The van der Waals surface area contributed by atoms with Gasteiger partial charge in [0.2, 0.25) is 5.91 Å². The van der Waals surface area contributed by atoms with E-state index in [9.17, 15) is 9.59 Å². The zero-order valence-corrected chi connectivity index (χ0v) is 12.3. The van der Waals surface area contributed by atoms with E-state index in [-0.39, 0.29) is 11.5 Å². The second kappa shape index (κ2) is 7.22. The molecule has 1 amide bonds. The Hall–Kier alpha value is -1.88. The van der Waals surface area contributed by atoms with Gasteiger partial charge in [-0.25, -0.2) is 4.79 Å². The monoisotopic (exact) mass is 290 g/mol. The van der Waals surface area contributed by atoms with Crippen molar-refractivity contribution in [3.05, 3.63) is 29.3 Å². The van der Waals surface area contributed by atoms with Crippen LogP contribution in [-0.2, 0) is 4.79 Å². The van der Waals surface area contributed by atoms with Crippen LogP contribution >= 0.6 is 0 Å². The fraction of sp³-hybridized carbons (Fsp3) is 0.500. The number of carbonyl (C=O) groups is 2. The van der Waals surface area contributed by atoms with Crippen LogP contribution in [-0.4, -0.2) is 30.1 Å². The molecule has 0 spiro atoms. The molecular weight excluding hydrogens is 268 g/mol. The largest absolute Gasteiger partial charge is 0.478 e. The molecule has 0 radical (unpaired) electrons. The molecule has 114 valence electrons. The number of hydrogen-bond acceptors (Lipinski definition) is 3. The molecule has 2 rings (SSSR count). The first-order chi connectivity index (χ1) is 10.1. The molecule has 0 unspecified atom stereocenters. The van der Waals surface area contributed by atoms with E-state index in [1.54, 1.807) is 19.1 Å². The molecule has 3 N–H and O–H groups in total. The summed E-state index contributed by atoms with van der Waals surface area (Å²) in [5.41, 5.74) is 1.47. The molecule has 0 saturated carbocycles. The Balaban J connectivity index is 1.87. The van der Waals surface area contributed by atoms with Crippen molar-refractivity contribution in [1.82, 2.24) is 5.32 Å². The summed E-state index contributed by atoms with van der Waals surface area (Å²) < 4.78 is 0. The number of rotatable bonds is 5. The van der Waals surface area contributed by atoms with E-state index in [4.69, 9.17) is 5.11 Å². The van der Waals surface area contributed by atoms with Crippen molar-refractivity contribution < 1.29 is 14.7 Å². The predicted molar refractivity (Wildman–Crippen MR) is 81.6 cm³/mol. The molecule has 1 heterocycles. The minimum absolute atomic E-state index is 0.0475. The molecular formula is C16H22N2O3. The highest BCUT2D eigenvalue weighted by atomic mass is 16.4. The fourth-order valence-electron chi connectivity index (χ4n) is 2.66. The van der Waals surface area contributed by atoms with Gasteiger partial charge in [0.05, 0.1) is 5.56 Å². The lowest BCUT2D eigenvalue weighted by Gasteiger charge is -2.22. The molecule has 1 aliphatic heterocycles. The lowest BCUT2D eigenvalue weighted by Crippen LogP contribution is -2.28. The molecule has 0 atom stereocenters. The van der Waals surface area contributed by atoms with Crippen molar-refractivity contribution in [2.75, 3.05) is 18.4 Å². The van der Waals surface area contributed by atoms with Gasteiger partial charge in [-0.3, -0.25) is 4.79 Å². The van der Waals surface area contributed by atoms with E-state index < -0.39 is 5.97 Å². The van der Waals surface area contributed by atoms with Gasteiger partial charge in [-0.15, -0.1) is 0 Å². The Morgan fingerprint density at radius 1 is 1.33 bits per heavy atom. The Kier molecular flexibility index (Phi) is 5.33. The number of piperidine rings is 1. The number of carboxylic acids is 1. The van der Waals surface area contributed by atoms with Gasteiger partial charge in [0.25, 0.3) is 0 Å². The highest BCUT2D eigenvalue weighted by Gasteiger charge is 2.15. The summed E-state index contributed by atoms with van der Waals surface area (Å²) in [6, 6.07) is 4.97. The van der Waals surface area contributed by atoms with Crippen molar-refractivity contribution >= 4 is 17.6 Å². The zero-order chi connectivity index (χ0) is 15.2. The lowest BCUT2D eigenvalue weighted by molar-refractivity contribution is -0.116. The van der Waals surface area contributed by atoms with Gasteiger partial charge in [0.15, 0.2) is 0 Å². The molecule has 1 aromatic carbocycles. The average molecular weight is 290 g/mol. The minimum Gasteiger partial charge on any atom is -0.478 e. The molecule has 5 heteroatoms. The van der Waals surface area contributed by atoms with Crippen LogP contribution in [0, 0.1) is 12.8 Å². The van der Waals surface area contributed by atoms with E-state index in [0.29, 0.717) is 23.6 Å². The Labute approximate surface area is 124 Å². The highest BCUT2D eigenvalue weighted by Crippen LogP contribution is 2.19. The molecule has 0 bridgehead atoms. The van der Waals surface area contributed by atoms with E-state index in [1.807, 2.05) is 0 Å². The summed E-state index contributed by atoms with van der Waals surface area (Å²) in [7, 11) is 0. The third kappa shape index (κ3) is 4.56. The number of anilines is 1. The predicted octanol–water partition coefficient (Wildman–Crippen LogP) is 2.41. The van der Waals surface area contributed by atoms with Crippen molar-refractivity contribution in [3.63, 3.8) is 0 Å². The second-order valence-electron chi connectivity index (χ2n) is 5.62. The number of carbonyl (C=O) groups excluding carboxylic acids is 1. The van der Waals surface area contributed by atoms with E-state index in [1.165, 1.54) is 6.07 Å². The van der Waals surface area contributed by atoms with Crippen LogP contribution in [0.2, 0.25) is 0 Å². The smallest absolute Gasteiger partial charge is 0.336 e. The molecule has 1 saturated heterocycles. The number of amides is 1. The molecule has 1 aliphatic rings. The van der Waals surface area contributed by atoms with E-state index in [0.717, 1.165) is 32.4 Å². The number of aromatic carboxylic acids is 1. The maximum absolute atomic E-state index is 11.9. The SMILES string of the molecule is Cc1ccc(NC(=O)CCC2CCNCC2)cc1C(=O)O. The number of benzene rings is 1. The Morgan fingerprint density at radius 2 is 2.05 bits per heavy atom. The first kappa shape index (κ1) is 15.5. The first-order valence-corrected chi connectivity index (χ1v) is 7.41. The molecule has 1 aromatic rings. The summed E-state index contributed by atoms with van der Waals surface area (Å²) in [6.45, 7) is 3.81. The normalized spacial score (nSPS) is 15.7. The van der Waals surface area contributed by atoms with Crippen LogP contribution in [0.25, 0.3) is 0 Å². The van der Waals surface area contributed by atoms with Gasteiger partial charge in [0.1, 0.15) is 0 Å². The van der Waals surface area contributed by atoms with Crippen LogP contribution < -0.4 is 10.6 Å². The topological polar surface area (TPSA) is 78.4 Å². The first-order valence-electron chi connectivity index (χ1n) is 7.41. The van der Waals surface area contributed by atoms with Gasteiger partial charge < -0.3 is 15.7 Å². The highest BCUT2D eigenvalue weighted by molar-refractivity contribution is 5.94. The van der Waals surface area contributed by atoms with Gasteiger partial charge in [-0.05, 0) is 62.9 Å². The number of hydrogen-bond donors (Lipinski definition) is 3. The van der Waals surface area contributed by atoms with Gasteiger partial charge >= 0.3 is 5.97 Å². The Morgan fingerprint density at radius 3 is 2.71 bits per heavy atom. The summed E-state index contributed by atoms with van der Waals surface area (Å²) in [5, 5.41) is 15.2. The third-order valence-corrected chi connectivity index (χ3v) is 3.99. The standard InChI is InChI=1S/C16H22N2O3/c1-11-2-4-13(10-14(11)16(20)21)18-15(19)5-3-12-6-8-17-9-7-12/h2,4,10,12,17H,3,5-9H2,1H3,(H,18,19)(H,20,21). The van der Waals surface area contributed by atoms with Gasteiger partial charge in [-0.1, -0.05) is 6.07 Å². The van der Waals surface area contributed by atoms with Crippen molar-refractivity contribution in [2.45, 2.75) is 32.6 Å². The summed E-state index contributed by atoms with van der Waals surface area (Å²) in [4.78, 5) is 23.0. The van der Waals surface area contributed by atoms with Gasteiger partial charge in [-0.2, -0.15) is 0 Å². The van der Waals surface area contributed by atoms with Gasteiger partial charge in [0, 0.05) is 12.1 Å². The summed E-state index contributed by atoms with van der Waals surface area (Å²) in [5.74, 6) is -0.406. The number of carboxylic acid groups (broad SMARTS) is 1. The van der Waals surface area contributed by atoms with Crippen LogP contribution in [0.1, 0.15) is 41.6 Å². The van der Waals surface area contributed by atoms with Crippen LogP contribution in [0.5, 0.6) is 0 Å². The molecule has 5 nitrogen and oxygen atoms in total. The zero-order valence-electron chi connectivity index (χ0n) is 12.3. The molecule has 0 aromatic heterocycles. The quantitative estimate of drug-likeness (QED) is 0.778. The van der Waals surface area contributed by atoms with E-state index >= 15 is 0 Å². The Bertz CT molecular complexity index is 522. The maximum Gasteiger partial charge on any atom is 0.336 e. The van der Waals surface area contributed by atoms with Crippen LogP contribution in [0.15, 0.2) is 18.2 Å². The van der Waals surface area contributed by atoms with Crippen molar-refractivity contribution in [3.8, 4) is 0 Å². The maximum atomic E-state index is 11.9.